The van der Waals surface area contributed by atoms with E-state index in [0.717, 1.165) is 25.9 Å². The highest BCUT2D eigenvalue weighted by molar-refractivity contribution is 6.03. The van der Waals surface area contributed by atoms with Gasteiger partial charge in [-0.3, -0.25) is 10.1 Å². The minimum absolute atomic E-state index is 0.0952. The fraction of sp³-hybridized carbons (Fsp3) is 0.571. The molecule has 2 saturated heterocycles. The summed E-state index contributed by atoms with van der Waals surface area (Å²) in [7, 11) is 1.64. The summed E-state index contributed by atoms with van der Waals surface area (Å²) in [6, 6.07) is 8.18. The highest BCUT2D eigenvalue weighted by Crippen LogP contribution is 2.28. The molecule has 4 atom stereocenters. The van der Waals surface area contributed by atoms with Crippen molar-refractivity contribution < 1.29 is 19.4 Å². The molecule has 1 aromatic rings. The molecule has 162 valence electrons. The largest absolute Gasteiger partial charge is 0.491 e. The summed E-state index contributed by atoms with van der Waals surface area (Å²) in [6.45, 7) is 4.16. The van der Waals surface area contributed by atoms with E-state index in [9.17, 15) is 14.7 Å². The van der Waals surface area contributed by atoms with Gasteiger partial charge in [0, 0.05) is 20.1 Å². The number of nitrogens with one attached hydrogen (secondary N) is 1. The monoisotopic (exact) mass is 415 g/mol. The van der Waals surface area contributed by atoms with Crippen LogP contribution in [-0.2, 0) is 4.79 Å². The molecule has 2 N–H and O–H groups in total. The lowest BCUT2D eigenvalue weighted by Gasteiger charge is -2.40. The van der Waals surface area contributed by atoms with Crippen LogP contribution in [0.15, 0.2) is 35.3 Å². The number of likely N-dealkylation sites (N-methyl/N-ethyl adjacent to an activating group) is 1. The van der Waals surface area contributed by atoms with Crippen LogP contribution in [0.4, 0.5) is 4.79 Å². The number of para-hydroxylation sites is 1. The van der Waals surface area contributed by atoms with Gasteiger partial charge in [-0.2, -0.15) is 0 Å². The van der Waals surface area contributed by atoms with Crippen LogP contribution in [0.3, 0.4) is 0 Å². The molecule has 9 nitrogen and oxygen atoms in total. The molecule has 9 heteroatoms. The first-order valence-electron chi connectivity index (χ1n) is 10.5. The third-order valence-electron chi connectivity index (χ3n) is 5.87. The Kier molecular flexibility index (Phi) is 5.80. The zero-order valence-electron chi connectivity index (χ0n) is 17.4. The van der Waals surface area contributed by atoms with Gasteiger partial charge in [0.05, 0.1) is 6.54 Å². The maximum absolute atomic E-state index is 12.7. The van der Waals surface area contributed by atoms with Gasteiger partial charge in [-0.1, -0.05) is 25.1 Å². The van der Waals surface area contributed by atoms with Crippen molar-refractivity contribution in [3.8, 4) is 5.75 Å². The van der Waals surface area contributed by atoms with Gasteiger partial charge in [0.15, 0.2) is 18.2 Å². The Labute approximate surface area is 176 Å². The maximum Gasteiger partial charge on any atom is 0.325 e. The zero-order valence-corrected chi connectivity index (χ0v) is 17.4. The van der Waals surface area contributed by atoms with Gasteiger partial charge in [-0.05, 0) is 30.9 Å². The highest BCUT2D eigenvalue weighted by Gasteiger charge is 2.50. The number of imide groups is 1. The molecule has 30 heavy (non-hydrogen) atoms. The number of aliphatic hydroxyl groups excluding tert-OH is 1. The van der Waals surface area contributed by atoms with E-state index < -0.39 is 24.3 Å². The molecule has 1 aromatic carbocycles. The molecular formula is C21H29N5O4. The van der Waals surface area contributed by atoms with E-state index in [1.807, 2.05) is 35.2 Å². The number of benzene rings is 1. The van der Waals surface area contributed by atoms with E-state index in [0.29, 0.717) is 17.6 Å². The van der Waals surface area contributed by atoms with Crippen molar-refractivity contribution in [2.24, 2.45) is 10.9 Å². The second kappa shape index (κ2) is 8.51. The second-order valence-electron chi connectivity index (χ2n) is 8.32. The number of piperidine rings is 1. The van der Waals surface area contributed by atoms with Crippen LogP contribution >= 0.6 is 0 Å². The van der Waals surface area contributed by atoms with Crippen molar-refractivity contribution in [2.45, 2.75) is 38.1 Å². The number of rotatable bonds is 5. The number of guanidine groups is 1. The first-order valence-corrected chi connectivity index (χ1v) is 10.5. The van der Waals surface area contributed by atoms with Gasteiger partial charge in [0.1, 0.15) is 18.5 Å². The predicted octanol–water partition coefficient (Wildman–Crippen LogP) is 0.706. The Balaban J connectivity index is 1.52. The number of carbonyl (C=O) groups excluding carboxylic acids is 2. The van der Waals surface area contributed by atoms with Gasteiger partial charge in [-0.25, -0.2) is 9.79 Å². The molecule has 3 aliphatic heterocycles. The molecule has 4 unspecified atom stereocenters. The lowest BCUT2D eigenvalue weighted by Crippen LogP contribution is -2.65. The molecule has 0 bridgehead atoms. The van der Waals surface area contributed by atoms with Crippen molar-refractivity contribution >= 4 is 17.9 Å². The number of ether oxygens (including phenoxy) is 1. The first kappa shape index (κ1) is 20.5. The Morgan fingerprint density at radius 2 is 2.07 bits per heavy atom. The molecule has 0 saturated carbocycles. The van der Waals surface area contributed by atoms with E-state index in [4.69, 9.17) is 9.73 Å². The molecule has 4 rings (SSSR count). The highest BCUT2D eigenvalue weighted by atomic mass is 16.5. The molecule has 3 amide bonds. The van der Waals surface area contributed by atoms with Gasteiger partial charge in [0.2, 0.25) is 0 Å². The smallest absolute Gasteiger partial charge is 0.325 e. The average Bonchev–Trinajstić information content (AvgIpc) is 3.11. The second-order valence-corrected chi connectivity index (χ2v) is 8.32. The van der Waals surface area contributed by atoms with Gasteiger partial charge in [0.25, 0.3) is 5.91 Å². The molecular weight excluding hydrogens is 386 g/mol. The van der Waals surface area contributed by atoms with E-state index >= 15 is 0 Å². The van der Waals surface area contributed by atoms with Crippen molar-refractivity contribution in [3.05, 3.63) is 30.3 Å². The van der Waals surface area contributed by atoms with Gasteiger partial charge >= 0.3 is 6.03 Å². The SMILES string of the molecule is CC1CCCN(C2=NC3C(C(=O)NC(=O)N3C)N2CC(O)COc2ccccc2)C1. The number of fused-ring (bicyclic) bond motifs is 1. The number of urea groups is 1. The van der Waals surface area contributed by atoms with E-state index in [2.05, 4.69) is 17.1 Å². The molecule has 0 aliphatic carbocycles. The van der Waals surface area contributed by atoms with Crippen molar-refractivity contribution in [2.75, 3.05) is 33.3 Å². The molecule has 2 fully saturated rings. The number of β-amino-alcohol motifs (C(OH)–C–C–N with tert-alkyl or cyclic N) is 1. The minimum Gasteiger partial charge on any atom is -0.491 e. The topological polar surface area (TPSA) is 97.7 Å². The number of amides is 3. The van der Waals surface area contributed by atoms with Crippen molar-refractivity contribution in [1.82, 2.24) is 20.0 Å². The number of aliphatic hydroxyl groups is 1. The van der Waals surface area contributed by atoms with Crippen LogP contribution in [0.5, 0.6) is 5.75 Å². The quantitative estimate of drug-likeness (QED) is 0.735. The summed E-state index contributed by atoms with van der Waals surface area (Å²) in [6.07, 6.45) is 0.778. The molecule has 0 aromatic heterocycles. The fourth-order valence-electron chi connectivity index (χ4n) is 4.33. The van der Waals surface area contributed by atoms with Crippen LogP contribution in [0, 0.1) is 5.92 Å². The Bertz CT molecular complexity index is 817. The number of aliphatic imine (C=N–C) groups is 1. The normalized spacial score (nSPS) is 27.5. The third-order valence-corrected chi connectivity index (χ3v) is 5.87. The van der Waals surface area contributed by atoms with Crippen LogP contribution in [0.1, 0.15) is 19.8 Å². The summed E-state index contributed by atoms with van der Waals surface area (Å²) in [5.41, 5.74) is 0. The Hall–Kier alpha value is -2.81. The van der Waals surface area contributed by atoms with Crippen molar-refractivity contribution in [1.29, 1.82) is 0 Å². The summed E-state index contributed by atoms with van der Waals surface area (Å²) in [5, 5.41) is 13.1. The van der Waals surface area contributed by atoms with Crippen LogP contribution in [0.2, 0.25) is 0 Å². The number of hydrogen-bond donors (Lipinski definition) is 2. The number of carbonyl (C=O) groups is 2. The number of nitrogens with zero attached hydrogens (tertiary/aromatic N) is 4. The summed E-state index contributed by atoms with van der Waals surface area (Å²) in [4.78, 5) is 35.0. The summed E-state index contributed by atoms with van der Waals surface area (Å²) in [5.74, 6) is 1.48. The lowest BCUT2D eigenvalue weighted by atomic mass is 10.0. The average molecular weight is 415 g/mol. The Morgan fingerprint density at radius 1 is 1.30 bits per heavy atom. The standard InChI is InChI=1S/C21H29N5O4/c1-14-7-6-10-25(11-14)20-22-18-17(19(28)23-21(29)24(18)2)26(20)12-15(27)13-30-16-8-4-3-5-9-16/h3-5,8-9,14-15,17-18,27H,6-7,10-13H2,1-2H3,(H,23,28,29). The van der Waals surface area contributed by atoms with E-state index in [1.54, 1.807) is 7.05 Å². The summed E-state index contributed by atoms with van der Waals surface area (Å²) >= 11 is 0. The zero-order chi connectivity index (χ0) is 21.3. The lowest BCUT2D eigenvalue weighted by molar-refractivity contribution is -0.127. The van der Waals surface area contributed by atoms with E-state index in [1.165, 1.54) is 4.90 Å². The fourth-order valence-corrected chi connectivity index (χ4v) is 4.33. The predicted molar refractivity (Wildman–Crippen MR) is 111 cm³/mol. The molecule has 3 heterocycles. The van der Waals surface area contributed by atoms with Crippen LogP contribution in [0.25, 0.3) is 0 Å². The van der Waals surface area contributed by atoms with Gasteiger partial charge < -0.3 is 24.5 Å². The van der Waals surface area contributed by atoms with Crippen LogP contribution < -0.4 is 10.1 Å². The van der Waals surface area contributed by atoms with Gasteiger partial charge in [-0.15, -0.1) is 0 Å². The molecule has 0 spiro atoms. The number of hydrogen-bond acceptors (Lipinski definition) is 7. The number of likely N-dealkylation sites (tertiary alicyclic amines) is 1. The van der Waals surface area contributed by atoms with Crippen LogP contribution in [-0.4, -0.2) is 89.3 Å². The summed E-state index contributed by atoms with van der Waals surface area (Å²) < 4.78 is 5.68. The molecule has 3 aliphatic rings. The maximum atomic E-state index is 12.7. The third kappa shape index (κ3) is 4.07. The Morgan fingerprint density at radius 3 is 2.80 bits per heavy atom. The first-order chi connectivity index (χ1) is 14.4. The van der Waals surface area contributed by atoms with Crippen molar-refractivity contribution in [3.63, 3.8) is 0 Å². The molecule has 0 radical (unpaired) electrons. The van der Waals surface area contributed by atoms with E-state index in [-0.39, 0.29) is 19.1 Å². The minimum atomic E-state index is -0.827.